The number of aliphatic hydroxyl groups is 1. The molecule has 0 aromatic carbocycles. The second kappa shape index (κ2) is 5.30. The van der Waals surface area contributed by atoms with E-state index in [0.29, 0.717) is 5.69 Å². The summed E-state index contributed by atoms with van der Waals surface area (Å²) in [5, 5.41) is 19.7. The number of carbonyl (C=O) groups is 1. The molecule has 0 spiro atoms. The number of aromatic amines is 1. The van der Waals surface area contributed by atoms with Gasteiger partial charge in [-0.2, -0.15) is 5.10 Å². The van der Waals surface area contributed by atoms with Crippen molar-refractivity contribution in [3.8, 4) is 0 Å². The van der Waals surface area contributed by atoms with E-state index < -0.39 is 6.10 Å². The molecule has 1 saturated carbocycles. The summed E-state index contributed by atoms with van der Waals surface area (Å²) in [7, 11) is 0. The smallest absolute Gasteiger partial charge is 0.269 e. The third kappa shape index (κ3) is 2.50. The largest absolute Gasteiger partial charge is 0.389 e. The molecule has 6 nitrogen and oxygen atoms in total. The lowest BCUT2D eigenvalue weighted by atomic mass is 10.1. The number of carbonyl (C=O) groups excluding carboxylic acids is 1. The number of nitrogens with one attached hydrogen (secondary N) is 2. The van der Waals surface area contributed by atoms with Gasteiger partial charge in [0.2, 0.25) is 0 Å². The van der Waals surface area contributed by atoms with Crippen LogP contribution in [0, 0.1) is 0 Å². The Morgan fingerprint density at radius 3 is 2.89 bits per heavy atom. The summed E-state index contributed by atoms with van der Waals surface area (Å²) in [5.41, 5.74) is 0.442. The van der Waals surface area contributed by atoms with Gasteiger partial charge >= 0.3 is 0 Å². The van der Waals surface area contributed by atoms with Gasteiger partial charge < -0.3 is 10.4 Å². The third-order valence-corrected chi connectivity index (χ3v) is 4.25. The zero-order valence-electron chi connectivity index (χ0n) is 10.9. The third-order valence-electron chi connectivity index (χ3n) is 4.25. The summed E-state index contributed by atoms with van der Waals surface area (Å²) >= 11 is 0. The highest BCUT2D eigenvalue weighted by Crippen LogP contribution is 2.27. The van der Waals surface area contributed by atoms with Crippen LogP contribution in [0.3, 0.4) is 0 Å². The van der Waals surface area contributed by atoms with E-state index in [-0.39, 0.29) is 18.0 Å². The Morgan fingerprint density at radius 1 is 1.42 bits per heavy atom. The molecule has 2 heterocycles. The first-order valence-corrected chi connectivity index (χ1v) is 6.98. The van der Waals surface area contributed by atoms with Crippen molar-refractivity contribution in [3.05, 3.63) is 18.0 Å². The zero-order valence-corrected chi connectivity index (χ0v) is 10.9. The van der Waals surface area contributed by atoms with Gasteiger partial charge in [-0.25, -0.2) is 0 Å². The van der Waals surface area contributed by atoms with Crippen LogP contribution in [0.2, 0.25) is 0 Å². The average Bonchev–Trinajstić information content (AvgIpc) is 3.11. The van der Waals surface area contributed by atoms with Crippen LogP contribution in [0.4, 0.5) is 0 Å². The van der Waals surface area contributed by atoms with Crippen molar-refractivity contribution in [2.45, 2.75) is 43.9 Å². The van der Waals surface area contributed by atoms with E-state index in [0.717, 1.165) is 25.9 Å². The summed E-state index contributed by atoms with van der Waals surface area (Å²) in [5.74, 6) is -0.191. The molecule has 1 saturated heterocycles. The predicted molar refractivity (Wildman–Crippen MR) is 69.7 cm³/mol. The van der Waals surface area contributed by atoms with Crippen LogP contribution in [0.1, 0.15) is 36.2 Å². The molecule has 2 aliphatic rings. The number of rotatable bonds is 3. The molecule has 1 aromatic rings. The Bertz CT molecular complexity index is 428. The molecule has 19 heavy (non-hydrogen) atoms. The van der Waals surface area contributed by atoms with Crippen molar-refractivity contribution in [2.75, 3.05) is 13.1 Å². The number of H-pyrrole nitrogens is 1. The normalized spacial score (nSPS) is 31.7. The van der Waals surface area contributed by atoms with Gasteiger partial charge in [-0.15, -0.1) is 0 Å². The number of likely N-dealkylation sites (tertiary alicyclic amines) is 1. The predicted octanol–water partition coefficient (Wildman–Crippen LogP) is 0.127. The number of aromatic nitrogens is 2. The molecule has 3 rings (SSSR count). The number of hydrogen-bond donors (Lipinski definition) is 3. The van der Waals surface area contributed by atoms with Crippen molar-refractivity contribution in [1.29, 1.82) is 0 Å². The van der Waals surface area contributed by atoms with Gasteiger partial charge in [0.25, 0.3) is 5.91 Å². The number of aliphatic hydroxyl groups excluding tert-OH is 1. The van der Waals surface area contributed by atoms with Crippen molar-refractivity contribution < 1.29 is 9.90 Å². The molecule has 1 aliphatic heterocycles. The lowest BCUT2D eigenvalue weighted by Crippen LogP contribution is -2.47. The van der Waals surface area contributed by atoms with Gasteiger partial charge in [-0.3, -0.25) is 14.8 Å². The van der Waals surface area contributed by atoms with Gasteiger partial charge in [0.1, 0.15) is 5.69 Å². The molecular formula is C13H20N4O2. The van der Waals surface area contributed by atoms with E-state index in [2.05, 4.69) is 20.4 Å². The molecule has 1 aliphatic carbocycles. The Kier molecular flexibility index (Phi) is 3.52. The first-order valence-electron chi connectivity index (χ1n) is 6.98. The minimum Gasteiger partial charge on any atom is -0.389 e. The number of hydrogen-bond acceptors (Lipinski definition) is 4. The molecule has 6 heteroatoms. The summed E-state index contributed by atoms with van der Waals surface area (Å²) in [6.07, 6.45) is 5.30. The van der Waals surface area contributed by atoms with Crippen molar-refractivity contribution >= 4 is 5.91 Å². The van der Waals surface area contributed by atoms with Gasteiger partial charge in [-0.05, 0) is 44.8 Å². The van der Waals surface area contributed by atoms with Crippen LogP contribution in [0.25, 0.3) is 0 Å². The minimum absolute atomic E-state index is 0.151. The highest BCUT2D eigenvalue weighted by Gasteiger charge is 2.39. The number of nitrogens with zero attached hydrogens (tertiary/aromatic N) is 2. The fourth-order valence-electron chi connectivity index (χ4n) is 3.22. The van der Waals surface area contributed by atoms with Crippen LogP contribution in [-0.2, 0) is 0 Å². The lowest BCUT2D eigenvalue weighted by Gasteiger charge is -2.28. The summed E-state index contributed by atoms with van der Waals surface area (Å²) in [6.45, 7) is 2.14. The maximum atomic E-state index is 11.9. The molecule has 3 atom stereocenters. The maximum Gasteiger partial charge on any atom is 0.269 e. The van der Waals surface area contributed by atoms with Gasteiger partial charge in [0.05, 0.1) is 12.1 Å². The van der Waals surface area contributed by atoms with Gasteiger partial charge in [-0.1, -0.05) is 0 Å². The molecule has 1 amide bonds. The molecule has 0 unspecified atom stereocenters. The van der Waals surface area contributed by atoms with Crippen LogP contribution < -0.4 is 5.32 Å². The summed E-state index contributed by atoms with van der Waals surface area (Å²) < 4.78 is 0. The van der Waals surface area contributed by atoms with E-state index in [9.17, 15) is 9.90 Å². The summed E-state index contributed by atoms with van der Waals surface area (Å²) in [6, 6.07) is 1.69. The van der Waals surface area contributed by atoms with Crippen molar-refractivity contribution in [1.82, 2.24) is 20.4 Å². The molecule has 104 valence electrons. The van der Waals surface area contributed by atoms with Crippen LogP contribution in [0.5, 0.6) is 0 Å². The van der Waals surface area contributed by atoms with Crippen molar-refractivity contribution in [2.24, 2.45) is 0 Å². The highest BCUT2D eigenvalue weighted by atomic mass is 16.3. The minimum atomic E-state index is -0.468. The van der Waals surface area contributed by atoms with Crippen LogP contribution in [0.15, 0.2) is 12.3 Å². The van der Waals surface area contributed by atoms with Crippen LogP contribution >= 0.6 is 0 Å². The highest BCUT2D eigenvalue weighted by molar-refractivity contribution is 5.92. The fourth-order valence-corrected chi connectivity index (χ4v) is 3.22. The molecule has 0 bridgehead atoms. The van der Waals surface area contributed by atoms with E-state index in [1.165, 1.54) is 12.8 Å². The monoisotopic (exact) mass is 264 g/mol. The Balaban J connectivity index is 1.59. The fraction of sp³-hybridized carbons (Fsp3) is 0.692. The molecule has 0 radical (unpaired) electrons. The second-order valence-electron chi connectivity index (χ2n) is 5.43. The standard InChI is InChI=1S/C13H20N4O2/c18-12-9(15-13(19)10-5-6-14-16-10)3-4-11(12)17-7-1-2-8-17/h5-6,9,11-12,18H,1-4,7-8H2,(H,14,16)(H,15,19)/t9-,11-,12-/m1/s1. The molecular weight excluding hydrogens is 244 g/mol. The Morgan fingerprint density at radius 2 is 2.21 bits per heavy atom. The van der Waals surface area contributed by atoms with E-state index in [4.69, 9.17) is 0 Å². The SMILES string of the molecule is O=C(N[C@@H]1CC[C@@H](N2CCCC2)[C@@H]1O)c1ccn[nH]1. The van der Waals surface area contributed by atoms with Crippen molar-refractivity contribution in [3.63, 3.8) is 0 Å². The zero-order chi connectivity index (χ0) is 13.2. The Labute approximate surface area is 112 Å². The molecule has 1 aromatic heterocycles. The summed E-state index contributed by atoms with van der Waals surface area (Å²) in [4.78, 5) is 14.3. The quantitative estimate of drug-likeness (QED) is 0.724. The number of amides is 1. The average molecular weight is 264 g/mol. The first-order chi connectivity index (χ1) is 9.25. The van der Waals surface area contributed by atoms with E-state index >= 15 is 0 Å². The lowest BCUT2D eigenvalue weighted by molar-refractivity contribution is 0.0617. The van der Waals surface area contributed by atoms with Gasteiger partial charge in [0.15, 0.2) is 0 Å². The molecule has 3 N–H and O–H groups in total. The maximum absolute atomic E-state index is 11.9. The van der Waals surface area contributed by atoms with Gasteiger partial charge in [0, 0.05) is 12.2 Å². The van der Waals surface area contributed by atoms with E-state index in [1.807, 2.05) is 0 Å². The molecule has 2 fully saturated rings. The first kappa shape index (κ1) is 12.6. The van der Waals surface area contributed by atoms with E-state index in [1.54, 1.807) is 12.3 Å². The Hall–Kier alpha value is -1.40. The van der Waals surface area contributed by atoms with Crippen LogP contribution in [-0.4, -0.2) is 57.4 Å². The topological polar surface area (TPSA) is 81.2 Å². The second-order valence-corrected chi connectivity index (χ2v) is 5.43.